The van der Waals surface area contributed by atoms with Crippen LogP contribution < -0.4 is 24.9 Å². The highest BCUT2D eigenvalue weighted by molar-refractivity contribution is 7.07. The van der Waals surface area contributed by atoms with Gasteiger partial charge in [-0.2, -0.15) is 0 Å². The SMILES string of the molecule is CCOC(=O)COc1ccccc1/C=c1\sc2n(c1=O)C(c1ccc(F)cc1)C(C(=O)Nc1ccccc1)=C(C)N=2. The van der Waals surface area contributed by atoms with Crippen molar-refractivity contribution in [3.63, 3.8) is 0 Å². The molecule has 0 saturated heterocycles. The molecule has 10 heteroatoms. The van der Waals surface area contributed by atoms with Crippen LogP contribution in [0.1, 0.15) is 31.0 Å². The maximum Gasteiger partial charge on any atom is 0.344 e. The number of carbonyl (C=O) groups is 2. The third kappa shape index (κ3) is 6.02. The molecular weight excluding hydrogens is 545 g/mol. The fourth-order valence-corrected chi connectivity index (χ4v) is 5.54. The molecule has 0 fully saturated rings. The highest BCUT2D eigenvalue weighted by atomic mass is 32.1. The largest absolute Gasteiger partial charge is 0.481 e. The van der Waals surface area contributed by atoms with E-state index in [-0.39, 0.29) is 24.3 Å². The number of benzene rings is 3. The summed E-state index contributed by atoms with van der Waals surface area (Å²) in [7, 11) is 0. The number of anilines is 1. The standard InChI is InChI=1S/C31H26FN3O5S/c1-3-39-26(36)18-40-24-12-8-7-9-21(24)17-25-30(38)35-28(20-13-15-22(32)16-14-20)27(19(2)33-31(35)41-25)29(37)34-23-10-5-4-6-11-23/h4-17,28H,3,18H2,1-2H3,(H,34,37)/b25-17-. The average molecular weight is 572 g/mol. The van der Waals surface area contributed by atoms with Crippen LogP contribution in [0.5, 0.6) is 5.75 Å². The topological polar surface area (TPSA) is 99.0 Å². The number of halogens is 1. The van der Waals surface area contributed by atoms with Gasteiger partial charge in [-0.3, -0.25) is 14.2 Å². The van der Waals surface area contributed by atoms with Crippen molar-refractivity contribution in [3.05, 3.63) is 127 Å². The molecule has 1 aliphatic heterocycles. The predicted molar refractivity (Wildman–Crippen MR) is 154 cm³/mol. The molecule has 1 aromatic heterocycles. The summed E-state index contributed by atoms with van der Waals surface area (Å²) in [6, 6.07) is 20.8. The minimum absolute atomic E-state index is 0.241. The lowest BCUT2D eigenvalue weighted by atomic mass is 9.95. The Morgan fingerprint density at radius 2 is 1.76 bits per heavy atom. The molecule has 1 amide bonds. The van der Waals surface area contributed by atoms with E-state index in [4.69, 9.17) is 9.47 Å². The quantitative estimate of drug-likeness (QED) is 0.323. The molecule has 0 bridgehead atoms. The van der Waals surface area contributed by atoms with Gasteiger partial charge in [0.25, 0.3) is 11.5 Å². The normalized spacial score (nSPS) is 14.7. The zero-order valence-corrected chi connectivity index (χ0v) is 23.1. The smallest absolute Gasteiger partial charge is 0.344 e. The van der Waals surface area contributed by atoms with Gasteiger partial charge in [-0.05, 0) is 55.8 Å². The molecule has 1 atom stereocenters. The second-order valence-electron chi connectivity index (χ2n) is 9.09. The van der Waals surface area contributed by atoms with E-state index < -0.39 is 23.7 Å². The number of rotatable bonds is 8. The van der Waals surface area contributed by atoms with Gasteiger partial charge in [-0.15, -0.1) is 0 Å². The number of aromatic nitrogens is 1. The fraction of sp³-hybridized carbons (Fsp3) is 0.161. The highest BCUT2D eigenvalue weighted by Gasteiger charge is 2.32. The lowest BCUT2D eigenvalue weighted by molar-refractivity contribution is -0.145. The Morgan fingerprint density at radius 3 is 2.49 bits per heavy atom. The van der Waals surface area contributed by atoms with E-state index in [0.29, 0.717) is 37.6 Å². The molecular formula is C31H26FN3O5S. The first-order valence-electron chi connectivity index (χ1n) is 12.9. The number of para-hydroxylation sites is 2. The monoisotopic (exact) mass is 571 g/mol. The molecule has 41 heavy (non-hydrogen) atoms. The van der Waals surface area contributed by atoms with E-state index in [1.807, 2.05) is 6.07 Å². The van der Waals surface area contributed by atoms with Gasteiger partial charge >= 0.3 is 5.97 Å². The summed E-state index contributed by atoms with van der Waals surface area (Å²) in [5.41, 5.74) is 2.08. The lowest BCUT2D eigenvalue weighted by Gasteiger charge is -2.25. The van der Waals surface area contributed by atoms with Crippen LogP contribution in [-0.4, -0.2) is 29.7 Å². The number of thiazole rings is 1. The number of hydrogen-bond acceptors (Lipinski definition) is 7. The Bertz CT molecular complexity index is 1810. The van der Waals surface area contributed by atoms with Crippen LogP contribution in [0, 0.1) is 5.82 Å². The summed E-state index contributed by atoms with van der Waals surface area (Å²) < 4.78 is 26.3. The Kier molecular flexibility index (Phi) is 8.21. The fourth-order valence-electron chi connectivity index (χ4n) is 4.50. The third-order valence-corrected chi connectivity index (χ3v) is 7.32. The van der Waals surface area contributed by atoms with Gasteiger partial charge in [0.1, 0.15) is 11.6 Å². The van der Waals surface area contributed by atoms with Crippen LogP contribution >= 0.6 is 11.3 Å². The summed E-state index contributed by atoms with van der Waals surface area (Å²) in [5.74, 6) is -0.950. The summed E-state index contributed by atoms with van der Waals surface area (Å²) in [5, 5.41) is 2.88. The van der Waals surface area contributed by atoms with Gasteiger partial charge in [0.05, 0.1) is 28.5 Å². The molecule has 1 N–H and O–H groups in total. The van der Waals surface area contributed by atoms with Crippen LogP contribution in [0.4, 0.5) is 10.1 Å². The predicted octanol–water partition coefficient (Wildman–Crippen LogP) is 3.95. The maximum absolute atomic E-state index is 13.9. The van der Waals surface area contributed by atoms with Crippen molar-refractivity contribution in [2.24, 2.45) is 4.99 Å². The molecule has 3 aromatic carbocycles. The molecule has 1 aliphatic rings. The highest BCUT2D eigenvalue weighted by Crippen LogP contribution is 2.31. The molecule has 8 nitrogen and oxygen atoms in total. The van der Waals surface area contributed by atoms with E-state index in [2.05, 4.69) is 10.3 Å². The first-order valence-corrected chi connectivity index (χ1v) is 13.7. The minimum Gasteiger partial charge on any atom is -0.481 e. The van der Waals surface area contributed by atoms with Crippen LogP contribution in [0.15, 0.2) is 99.9 Å². The molecule has 0 radical (unpaired) electrons. The molecule has 208 valence electrons. The second-order valence-corrected chi connectivity index (χ2v) is 10.1. The van der Waals surface area contributed by atoms with E-state index in [9.17, 15) is 18.8 Å². The number of fused-ring (bicyclic) bond motifs is 1. The zero-order chi connectivity index (χ0) is 28.9. The Hall–Kier alpha value is -4.83. The summed E-state index contributed by atoms with van der Waals surface area (Å²) in [6.45, 7) is 3.39. The maximum atomic E-state index is 13.9. The number of esters is 1. The van der Waals surface area contributed by atoms with Gasteiger partial charge in [0, 0.05) is 11.3 Å². The summed E-state index contributed by atoms with van der Waals surface area (Å²) in [4.78, 5) is 44.3. The molecule has 0 saturated carbocycles. The van der Waals surface area contributed by atoms with Gasteiger partial charge in [0.2, 0.25) is 0 Å². The van der Waals surface area contributed by atoms with Crippen molar-refractivity contribution < 1.29 is 23.5 Å². The second kappa shape index (κ2) is 12.1. The third-order valence-electron chi connectivity index (χ3n) is 6.34. The average Bonchev–Trinajstić information content (AvgIpc) is 3.27. The lowest BCUT2D eigenvalue weighted by Crippen LogP contribution is -2.40. The van der Waals surface area contributed by atoms with Crippen LogP contribution in [0.3, 0.4) is 0 Å². The van der Waals surface area contributed by atoms with E-state index >= 15 is 0 Å². The number of hydrogen-bond donors (Lipinski definition) is 1. The van der Waals surface area contributed by atoms with Crippen molar-refractivity contribution in [3.8, 4) is 5.75 Å². The number of carbonyl (C=O) groups excluding carboxylic acids is 2. The molecule has 4 aromatic rings. The Balaban J connectivity index is 1.60. The summed E-state index contributed by atoms with van der Waals surface area (Å²) >= 11 is 1.16. The summed E-state index contributed by atoms with van der Waals surface area (Å²) in [6.07, 6.45) is 1.66. The Morgan fingerprint density at radius 1 is 1.05 bits per heavy atom. The zero-order valence-electron chi connectivity index (χ0n) is 22.3. The van der Waals surface area contributed by atoms with E-state index in [0.717, 1.165) is 11.3 Å². The van der Waals surface area contributed by atoms with Gasteiger partial charge in [0.15, 0.2) is 11.4 Å². The van der Waals surface area contributed by atoms with Crippen molar-refractivity contribution in [2.75, 3.05) is 18.5 Å². The van der Waals surface area contributed by atoms with Crippen molar-refractivity contribution in [1.82, 2.24) is 4.57 Å². The van der Waals surface area contributed by atoms with E-state index in [1.165, 1.54) is 16.7 Å². The van der Waals surface area contributed by atoms with Crippen LogP contribution in [0.25, 0.3) is 6.08 Å². The Labute approximate surface area is 238 Å². The van der Waals surface area contributed by atoms with Crippen LogP contribution in [-0.2, 0) is 14.3 Å². The number of nitrogens with one attached hydrogen (secondary N) is 1. The van der Waals surface area contributed by atoms with Gasteiger partial charge < -0.3 is 14.8 Å². The molecule has 0 aliphatic carbocycles. The van der Waals surface area contributed by atoms with Crippen molar-refractivity contribution in [1.29, 1.82) is 0 Å². The first-order chi connectivity index (χ1) is 19.9. The molecule has 1 unspecified atom stereocenters. The number of amides is 1. The first kappa shape index (κ1) is 27.7. The number of allylic oxidation sites excluding steroid dienone is 1. The van der Waals surface area contributed by atoms with Gasteiger partial charge in [-0.1, -0.05) is 59.9 Å². The molecule has 0 spiro atoms. The van der Waals surface area contributed by atoms with Crippen molar-refractivity contribution in [2.45, 2.75) is 19.9 Å². The number of ether oxygens (including phenoxy) is 2. The minimum atomic E-state index is -0.840. The van der Waals surface area contributed by atoms with Crippen molar-refractivity contribution >= 4 is 35.0 Å². The molecule has 2 heterocycles. The molecule has 5 rings (SSSR count). The number of nitrogens with zero attached hydrogens (tertiary/aromatic N) is 2. The van der Waals surface area contributed by atoms with Gasteiger partial charge in [-0.25, -0.2) is 14.2 Å². The van der Waals surface area contributed by atoms with Crippen LogP contribution in [0.2, 0.25) is 0 Å². The van der Waals surface area contributed by atoms with E-state index in [1.54, 1.807) is 80.6 Å².